The van der Waals surface area contributed by atoms with Crippen LogP contribution in [0, 0.1) is 0 Å². The molecule has 0 aliphatic carbocycles. The zero-order chi connectivity index (χ0) is 18.2. The van der Waals surface area contributed by atoms with Gasteiger partial charge in [0.2, 0.25) is 5.65 Å². The van der Waals surface area contributed by atoms with Crippen LogP contribution in [0.4, 0.5) is 0 Å². The predicted molar refractivity (Wildman–Crippen MR) is 101 cm³/mol. The SMILES string of the molecule is CCCn1cc(-c2cnc3nnn(Cc4ccc5cccn5c4)c3n2)cn1. The molecule has 0 N–H and O–H groups in total. The van der Waals surface area contributed by atoms with Gasteiger partial charge in [-0.3, -0.25) is 4.68 Å². The van der Waals surface area contributed by atoms with E-state index in [1.165, 1.54) is 0 Å². The van der Waals surface area contributed by atoms with Crippen molar-refractivity contribution in [3.63, 3.8) is 0 Å². The van der Waals surface area contributed by atoms with Crippen molar-refractivity contribution in [1.82, 2.24) is 39.1 Å². The van der Waals surface area contributed by atoms with Gasteiger partial charge in [-0.05, 0) is 30.2 Å². The summed E-state index contributed by atoms with van der Waals surface area (Å²) in [7, 11) is 0. The monoisotopic (exact) mass is 358 g/mol. The van der Waals surface area contributed by atoms with Gasteiger partial charge >= 0.3 is 0 Å². The zero-order valence-corrected chi connectivity index (χ0v) is 14.9. The van der Waals surface area contributed by atoms with E-state index in [9.17, 15) is 0 Å². The van der Waals surface area contributed by atoms with Crippen LogP contribution in [0.2, 0.25) is 0 Å². The van der Waals surface area contributed by atoms with Crippen molar-refractivity contribution in [2.45, 2.75) is 26.4 Å². The van der Waals surface area contributed by atoms with Crippen LogP contribution in [0.5, 0.6) is 0 Å². The molecule has 0 bridgehead atoms. The van der Waals surface area contributed by atoms with Gasteiger partial charge in [0.1, 0.15) is 0 Å². The number of fused-ring (bicyclic) bond motifs is 2. The molecule has 0 spiro atoms. The highest BCUT2D eigenvalue weighted by molar-refractivity contribution is 5.69. The number of hydrogen-bond donors (Lipinski definition) is 0. The summed E-state index contributed by atoms with van der Waals surface area (Å²) in [4.78, 5) is 9.16. The van der Waals surface area contributed by atoms with Crippen molar-refractivity contribution in [3.8, 4) is 11.3 Å². The normalized spacial score (nSPS) is 11.6. The first-order valence-electron chi connectivity index (χ1n) is 8.95. The Labute approximate surface area is 155 Å². The minimum Gasteiger partial charge on any atom is -0.324 e. The molecule has 0 amide bonds. The van der Waals surface area contributed by atoms with Crippen molar-refractivity contribution < 1.29 is 0 Å². The summed E-state index contributed by atoms with van der Waals surface area (Å²) in [6.45, 7) is 3.59. The second-order valence-electron chi connectivity index (χ2n) is 6.52. The first-order chi connectivity index (χ1) is 13.3. The van der Waals surface area contributed by atoms with Gasteiger partial charge in [-0.15, -0.1) is 5.10 Å². The van der Waals surface area contributed by atoms with Gasteiger partial charge in [0.15, 0.2) is 5.65 Å². The van der Waals surface area contributed by atoms with Crippen LogP contribution < -0.4 is 0 Å². The molecule has 27 heavy (non-hydrogen) atoms. The van der Waals surface area contributed by atoms with Crippen LogP contribution >= 0.6 is 0 Å². The van der Waals surface area contributed by atoms with E-state index in [-0.39, 0.29) is 0 Å². The molecule has 8 heteroatoms. The first kappa shape index (κ1) is 15.7. The Hall–Kier alpha value is -3.55. The van der Waals surface area contributed by atoms with Gasteiger partial charge in [0.25, 0.3) is 0 Å². The van der Waals surface area contributed by atoms with Crippen molar-refractivity contribution in [2.75, 3.05) is 0 Å². The summed E-state index contributed by atoms with van der Waals surface area (Å²) in [6.07, 6.45) is 10.7. The Morgan fingerprint density at radius 1 is 1.07 bits per heavy atom. The lowest BCUT2D eigenvalue weighted by atomic mass is 10.2. The van der Waals surface area contributed by atoms with E-state index in [1.807, 2.05) is 29.3 Å². The van der Waals surface area contributed by atoms with E-state index in [1.54, 1.807) is 10.9 Å². The molecular weight excluding hydrogens is 340 g/mol. The summed E-state index contributed by atoms with van der Waals surface area (Å²) >= 11 is 0. The van der Waals surface area contributed by atoms with Crippen molar-refractivity contribution >= 4 is 16.8 Å². The Morgan fingerprint density at radius 3 is 2.96 bits per heavy atom. The minimum absolute atomic E-state index is 0.543. The molecule has 5 rings (SSSR count). The van der Waals surface area contributed by atoms with Gasteiger partial charge in [0, 0.05) is 36.2 Å². The first-order valence-corrected chi connectivity index (χ1v) is 8.95. The van der Waals surface area contributed by atoms with Crippen LogP contribution in [0.3, 0.4) is 0 Å². The highest BCUT2D eigenvalue weighted by Gasteiger charge is 2.12. The summed E-state index contributed by atoms with van der Waals surface area (Å²) in [5.74, 6) is 0. The van der Waals surface area contributed by atoms with Gasteiger partial charge in [-0.1, -0.05) is 18.2 Å². The molecule has 0 saturated carbocycles. The molecule has 8 nitrogen and oxygen atoms in total. The lowest BCUT2D eigenvalue weighted by Gasteiger charge is -2.04. The van der Waals surface area contributed by atoms with Crippen molar-refractivity contribution in [3.05, 3.63) is 60.8 Å². The molecule has 0 fully saturated rings. The maximum Gasteiger partial charge on any atom is 0.221 e. The van der Waals surface area contributed by atoms with E-state index >= 15 is 0 Å². The molecule has 0 radical (unpaired) electrons. The van der Waals surface area contributed by atoms with Crippen LogP contribution in [0.25, 0.3) is 28.1 Å². The van der Waals surface area contributed by atoms with Crippen molar-refractivity contribution in [1.29, 1.82) is 0 Å². The van der Waals surface area contributed by atoms with E-state index in [2.05, 4.69) is 56.1 Å². The Morgan fingerprint density at radius 2 is 2.04 bits per heavy atom. The third-order valence-electron chi connectivity index (χ3n) is 4.53. The van der Waals surface area contributed by atoms with Gasteiger partial charge in [0.05, 0.1) is 24.6 Å². The van der Waals surface area contributed by atoms with Crippen molar-refractivity contribution in [2.24, 2.45) is 0 Å². The molecule has 0 saturated heterocycles. The molecule has 134 valence electrons. The predicted octanol–water partition coefficient (Wildman–Crippen LogP) is 2.80. The average Bonchev–Trinajstić information content (AvgIpc) is 3.41. The highest BCUT2D eigenvalue weighted by atomic mass is 15.5. The van der Waals surface area contributed by atoms with Gasteiger partial charge in [-0.2, -0.15) is 5.10 Å². The molecule has 0 unspecified atom stereocenters. The zero-order valence-electron chi connectivity index (χ0n) is 14.9. The second kappa shape index (κ2) is 6.31. The van der Waals surface area contributed by atoms with E-state index in [0.29, 0.717) is 17.8 Å². The molecular formula is C19H18N8. The quantitative estimate of drug-likeness (QED) is 0.483. The maximum absolute atomic E-state index is 4.74. The van der Waals surface area contributed by atoms with Crippen LogP contribution in [-0.4, -0.2) is 39.1 Å². The van der Waals surface area contributed by atoms with E-state index in [0.717, 1.165) is 35.3 Å². The van der Waals surface area contributed by atoms with E-state index in [4.69, 9.17) is 4.98 Å². The Bertz CT molecular complexity index is 1230. The topological polar surface area (TPSA) is 78.7 Å². The molecule has 5 aromatic heterocycles. The smallest absolute Gasteiger partial charge is 0.221 e. The number of pyridine rings is 1. The third kappa shape index (κ3) is 2.84. The standard InChI is InChI=1S/C19H18N8/c1-2-7-26-13-15(9-21-26)17-10-20-18-19(22-17)27(24-23-18)12-14-5-6-16-4-3-8-25(16)11-14/h3-6,8-11,13H,2,7,12H2,1H3. The molecule has 0 aromatic carbocycles. The summed E-state index contributed by atoms with van der Waals surface area (Å²) in [5.41, 5.74) is 5.21. The van der Waals surface area contributed by atoms with E-state index < -0.39 is 0 Å². The largest absolute Gasteiger partial charge is 0.324 e. The summed E-state index contributed by atoms with van der Waals surface area (Å²) in [5, 5.41) is 12.8. The second-order valence-corrected chi connectivity index (χ2v) is 6.52. The highest BCUT2D eigenvalue weighted by Crippen LogP contribution is 2.18. The summed E-state index contributed by atoms with van der Waals surface area (Å²) in [6, 6.07) is 8.29. The molecule has 0 aliphatic rings. The summed E-state index contributed by atoms with van der Waals surface area (Å²) < 4.78 is 5.80. The lowest BCUT2D eigenvalue weighted by Crippen LogP contribution is -2.04. The van der Waals surface area contributed by atoms with Gasteiger partial charge < -0.3 is 4.40 Å². The fourth-order valence-electron chi connectivity index (χ4n) is 3.19. The minimum atomic E-state index is 0.543. The Balaban J connectivity index is 1.50. The molecule has 0 aliphatic heterocycles. The average molecular weight is 358 g/mol. The molecule has 5 aromatic rings. The molecule has 0 atom stereocenters. The number of nitrogens with zero attached hydrogens (tertiary/aromatic N) is 8. The fraction of sp³-hybridized carbons (Fsp3) is 0.211. The maximum atomic E-state index is 4.74. The van der Waals surface area contributed by atoms with Crippen LogP contribution in [0.1, 0.15) is 18.9 Å². The lowest BCUT2D eigenvalue weighted by molar-refractivity contribution is 0.603. The number of hydrogen-bond acceptors (Lipinski definition) is 5. The third-order valence-corrected chi connectivity index (χ3v) is 4.53. The van der Waals surface area contributed by atoms with Crippen LogP contribution in [0.15, 0.2) is 55.2 Å². The number of aryl methyl sites for hydroxylation is 1. The molecule has 5 heterocycles. The Kier molecular flexibility index (Phi) is 3.67. The number of rotatable bonds is 5. The van der Waals surface area contributed by atoms with Crippen LogP contribution in [-0.2, 0) is 13.1 Å². The van der Waals surface area contributed by atoms with Gasteiger partial charge in [-0.25, -0.2) is 14.6 Å². The fourth-order valence-corrected chi connectivity index (χ4v) is 3.19. The number of aromatic nitrogens is 8.